The summed E-state index contributed by atoms with van der Waals surface area (Å²) >= 11 is 7.42. The summed E-state index contributed by atoms with van der Waals surface area (Å²) in [5, 5.41) is 24.6. The van der Waals surface area contributed by atoms with E-state index in [-0.39, 0.29) is 11.3 Å². The van der Waals surface area contributed by atoms with Gasteiger partial charge < -0.3 is 25.0 Å². The zero-order valence-electron chi connectivity index (χ0n) is 18.3. The van der Waals surface area contributed by atoms with E-state index in [4.69, 9.17) is 21.1 Å². The van der Waals surface area contributed by atoms with Gasteiger partial charge in [-0.25, -0.2) is 24.9 Å². The predicted octanol–water partition coefficient (Wildman–Crippen LogP) is 4.39. The van der Waals surface area contributed by atoms with Gasteiger partial charge in [-0.1, -0.05) is 11.6 Å². The molecule has 2 unspecified atom stereocenters. The molecule has 180 valence electrons. The lowest BCUT2D eigenvalue weighted by atomic mass is 9.94. The van der Waals surface area contributed by atoms with Crippen molar-refractivity contribution in [3.63, 3.8) is 0 Å². The number of halogens is 1. The maximum atomic E-state index is 9.85. The molecule has 0 fully saturated rings. The minimum Gasteiger partial charge on any atom is -0.482 e. The van der Waals surface area contributed by atoms with Crippen molar-refractivity contribution in [3.05, 3.63) is 70.6 Å². The number of anilines is 2. The highest BCUT2D eigenvalue weighted by molar-refractivity contribution is 7.13. The molecule has 35 heavy (non-hydrogen) atoms. The topological polar surface area (TPSA) is 135 Å². The standard InChI is InChI=1S/C23H21ClN6O4S/c24-21-19(5-2-6-26-21)33-13-7-20(34-18-4-1-3-15-14(18)9-25-12-28-15)22(27-8-13)30-23-29-16(11-35-23)17(32)10-31/h2,5-9,11-12,17-18,31-32H,1,3-4,10H2,(H,27,29,30). The van der Waals surface area contributed by atoms with Crippen LogP contribution in [0.15, 0.2) is 48.5 Å². The van der Waals surface area contributed by atoms with Crippen LogP contribution in [0, 0.1) is 0 Å². The fraction of sp³-hybridized carbons (Fsp3) is 0.261. The van der Waals surface area contributed by atoms with Crippen LogP contribution in [0.4, 0.5) is 10.9 Å². The van der Waals surface area contributed by atoms with Crippen molar-refractivity contribution in [1.29, 1.82) is 0 Å². The molecule has 0 amide bonds. The highest BCUT2D eigenvalue weighted by Crippen LogP contribution is 2.39. The molecular weight excluding hydrogens is 492 g/mol. The quantitative estimate of drug-likeness (QED) is 0.291. The van der Waals surface area contributed by atoms with Gasteiger partial charge in [0.15, 0.2) is 27.6 Å². The van der Waals surface area contributed by atoms with E-state index >= 15 is 0 Å². The van der Waals surface area contributed by atoms with Crippen LogP contribution in [-0.4, -0.2) is 41.7 Å². The largest absolute Gasteiger partial charge is 0.482 e. The van der Waals surface area contributed by atoms with Crippen LogP contribution in [0.25, 0.3) is 0 Å². The summed E-state index contributed by atoms with van der Waals surface area (Å²) in [6.45, 7) is -0.415. The van der Waals surface area contributed by atoms with Gasteiger partial charge in [-0.2, -0.15) is 0 Å². The first-order chi connectivity index (χ1) is 17.1. The summed E-state index contributed by atoms with van der Waals surface area (Å²) in [7, 11) is 0. The molecule has 0 aliphatic heterocycles. The Labute approximate surface area is 209 Å². The number of hydrogen-bond donors (Lipinski definition) is 3. The first-order valence-corrected chi connectivity index (χ1v) is 12.1. The number of nitrogens with one attached hydrogen (secondary N) is 1. The van der Waals surface area contributed by atoms with Crippen LogP contribution in [0.2, 0.25) is 5.15 Å². The van der Waals surface area contributed by atoms with Gasteiger partial charge in [0.1, 0.15) is 24.3 Å². The van der Waals surface area contributed by atoms with Crippen molar-refractivity contribution >= 4 is 33.9 Å². The van der Waals surface area contributed by atoms with Gasteiger partial charge in [0.05, 0.1) is 24.2 Å². The van der Waals surface area contributed by atoms with Crippen molar-refractivity contribution in [2.24, 2.45) is 0 Å². The molecule has 0 saturated carbocycles. The minimum absolute atomic E-state index is 0.230. The smallest absolute Gasteiger partial charge is 0.188 e. The molecule has 2 atom stereocenters. The lowest BCUT2D eigenvalue weighted by Gasteiger charge is -2.26. The molecule has 0 aromatic carbocycles. The third-order valence-electron chi connectivity index (χ3n) is 5.37. The molecule has 1 aliphatic rings. The van der Waals surface area contributed by atoms with Gasteiger partial charge in [-0.15, -0.1) is 11.3 Å². The Kier molecular flexibility index (Phi) is 7.00. The Morgan fingerprint density at radius 2 is 2.14 bits per heavy atom. The number of rotatable bonds is 8. The Morgan fingerprint density at radius 3 is 3.00 bits per heavy atom. The van der Waals surface area contributed by atoms with E-state index in [1.807, 2.05) is 0 Å². The molecule has 0 spiro atoms. The number of aliphatic hydroxyl groups is 2. The predicted molar refractivity (Wildman–Crippen MR) is 129 cm³/mol. The van der Waals surface area contributed by atoms with Gasteiger partial charge in [0.2, 0.25) is 0 Å². The first kappa shape index (κ1) is 23.4. The molecule has 0 radical (unpaired) electrons. The molecule has 4 aromatic rings. The molecule has 10 nitrogen and oxygen atoms in total. The maximum Gasteiger partial charge on any atom is 0.188 e. The summed E-state index contributed by atoms with van der Waals surface area (Å²) < 4.78 is 12.3. The lowest BCUT2D eigenvalue weighted by molar-refractivity contribution is 0.0928. The number of aromatic nitrogens is 5. The van der Waals surface area contributed by atoms with Gasteiger partial charge >= 0.3 is 0 Å². The molecule has 12 heteroatoms. The number of hydrogen-bond acceptors (Lipinski definition) is 11. The number of aliphatic hydroxyl groups excluding tert-OH is 2. The van der Waals surface area contributed by atoms with E-state index in [1.165, 1.54) is 17.5 Å². The second kappa shape index (κ2) is 10.5. The fourth-order valence-corrected chi connectivity index (χ4v) is 4.58. The average molecular weight is 513 g/mol. The minimum atomic E-state index is -1.05. The average Bonchev–Trinajstić information content (AvgIpc) is 3.35. The van der Waals surface area contributed by atoms with Crippen LogP contribution in [-0.2, 0) is 6.42 Å². The van der Waals surface area contributed by atoms with Crippen LogP contribution >= 0.6 is 22.9 Å². The molecule has 1 aliphatic carbocycles. The molecular formula is C23H21ClN6O4S. The highest BCUT2D eigenvalue weighted by Gasteiger charge is 2.25. The van der Waals surface area contributed by atoms with Gasteiger partial charge in [0.25, 0.3) is 0 Å². The zero-order valence-corrected chi connectivity index (χ0v) is 19.9. The van der Waals surface area contributed by atoms with Crippen LogP contribution in [0.1, 0.15) is 42.0 Å². The third-order valence-corrected chi connectivity index (χ3v) is 6.42. The SMILES string of the molecule is OCC(O)c1csc(Nc2ncc(Oc3cccnc3Cl)cc2OC2CCCc3ncncc32)n1. The highest BCUT2D eigenvalue weighted by atomic mass is 35.5. The molecule has 4 aromatic heterocycles. The lowest BCUT2D eigenvalue weighted by Crippen LogP contribution is -2.17. The van der Waals surface area contributed by atoms with E-state index in [1.54, 1.807) is 42.3 Å². The Balaban J connectivity index is 1.46. The normalized spacial score (nSPS) is 15.8. The molecule has 3 N–H and O–H groups in total. The molecule has 4 heterocycles. The van der Waals surface area contributed by atoms with E-state index in [0.717, 1.165) is 30.5 Å². The number of pyridine rings is 2. The van der Waals surface area contributed by atoms with E-state index in [0.29, 0.717) is 33.9 Å². The van der Waals surface area contributed by atoms with Crippen molar-refractivity contribution in [3.8, 4) is 17.2 Å². The van der Waals surface area contributed by atoms with Crippen molar-refractivity contribution in [2.75, 3.05) is 11.9 Å². The molecule has 0 saturated heterocycles. The number of thiazole rings is 1. The monoisotopic (exact) mass is 512 g/mol. The van der Waals surface area contributed by atoms with Gasteiger partial charge in [0, 0.05) is 29.4 Å². The van der Waals surface area contributed by atoms with Crippen molar-refractivity contribution in [1.82, 2.24) is 24.9 Å². The summed E-state index contributed by atoms with van der Waals surface area (Å²) in [5.41, 5.74) is 2.27. The Morgan fingerprint density at radius 1 is 1.23 bits per heavy atom. The van der Waals surface area contributed by atoms with Gasteiger partial charge in [-0.3, -0.25) is 0 Å². The number of nitrogens with zero attached hydrogens (tertiary/aromatic N) is 5. The van der Waals surface area contributed by atoms with Crippen molar-refractivity contribution < 1.29 is 19.7 Å². The Hall–Kier alpha value is -3.38. The van der Waals surface area contributed by atoms with E-state index in [9.17, 15) is 10.2 Å². The van der Waals surface area contributed by atoms with E-state index < -0.39 is 12.7 Å². The second-order valence-corrected chi connectivity index (χ2v) is 8.95. The van der Waals surface area contributed by atoms with Crippen LogP contribution in [0.5, 0.6) is 17.2 Å². The summed E-state index contributed by atoms with van der Waals surface area (Å²) in [5.74, 6) is 1.65. The van der Waals surface area contributed by atoms with Crippen LogP contribution < -0.4 is 14.8 Å². The number of aryl methyl sites for hydroxylation is 1. The third kappa shape index (κ3) is 5.33. The number of fused-ring (bicyclic) bond motifs is 1. The summed E-state index contributed by atoms with van der Waals surface area (Å²) in [4.78, 5) is 21.4. The Bertz CT molecular complexity index is 1320. The summed E-state index contributed by atoms with van der Waals surface area (Å²) in [6.07, 6.45) is 7.73. The van der Waals surface area contributed by atoms with Crippen molar-refractivity contribution in [2.45, 2.75) is 31.5 Å². The fourth-order valence-electron chi connectivity index (χ4n) is 3.66. The number of ether oxygens (including phenoxy) is 2. The van der Waals surface area contributed by atoms with E-state index in [2.05, 4.69) is 30.2 Å². The summed E-state index contributed by atoms with van der Waals surface area (Å²) in [6, 6.07) is 5.15. The van der Waals surface area contributed by atoms with Gasteiger partial charge in [-0.05, 0) is 31.4 Å². The maximum absolute atomic E-state index is 9.85. The second-order valence-electron chi connectivity index (χ2n) is 7.74. The zero-order chi connectivity index (χ0) is 24.2. The first-order valence-electron chi connectivity index (χ1n) is 10.9. The molecule has 0 bridgehead atoms. The van der Waals surface area contributed by atoms with Crippen LogP contribution in [0.3, 0.4) is 0 Å². The molecule has 5 rings (SSSR count).